The first kappa shape index (κ1) is 14.9. The van der Waals surface area contributed by atoms with Gasteiger partial charge in [0.1, 0.15) is 5.78 Å². The van der Waals surface area contributed by atoms with Crippen molar-refractivity contribution < 1.29 is 4.79 Å². The molecule has 0 spiro atoms. The summed E-state index contributed by atoms with van der Waals surface area (Å²) in [5.41, 5.74) is 10.5. The van der Waals surface area contributed by atoms with E-state index >= 15 is 0 Å². The van der Waals surface area contributed by atoms with Crippen LogP contribution >= 0.6 is 0 Å². The fourth-order valence-electron chi connectivity index (χ4n) is 2.30. The van der Waals surface area contributed by atoms with Crippen LogP contribution in [-0.2, 0) is 11.2 Å². The molecule has 1 atom stereocenters. The molecule has 1 aromatic carbocycles. The Kier molecular flexibility index (Phi) is 5.54. The third-order valence-electron chi connectivity index (χ3n) is 3.53. The summed E-state index contributed by atoms with van der Waals surface area (Å²) in [5, 5.41) is 0. The molecular weight excluding hydrogens is 222 g/mol. The maximum absolute atomic E-state index is 12.0. The number of carbonyl (C=O) groups is 1. The van der Waals surface area contributed by atoms with Gasteiger partial charge in [-0.15, -0.1) is 0 Å². The first-order chi connectivity index (χ1) is 8.43. The molecule has 1 aromatic rings. The molecule has 0 aromatic heterocycles. The SMILES string of the molecule is Cc1cc(C)c(CC(=O)CCC(C)CN)c(C)c1. The molecule has 0 amide bonds. The average molecular weight is 247 g/mol. The lowest BCUT2D eigenvalue weighted by molar-refractivity contribution is -0.118. The Morgan fingerprint density at radius 1 is 1.22 bits per heavy atom. The van der Waals surface area contributed by atoms with Crippen molar-refractivity contribution in [2.24, 2.45) is 11.7 Å². The molecule has 2 nitrogen and oxygen atoms in total. The van der Waals surface area contributed by atoms with Gasteiger partial charge < -0.3 is 5.73 Å². The van der Waals surface area contributed by atoms with E-state index in [1.807, 2.05) is 0 Å². The number of aryl methyl sites for hydroxylation is 3. The molecule has 2 heteroatoms. The molecule has 0 radical (unpaired) electrons. The van der Waals surface area contributed by atoms with Crippen LogP contribution in [0.2, 0.25) is 0 Å². The maximum Gasteiger partial charge on any atom is 0.137 e. The molecule has 1 unspecified atom stereocenters. The largest absolute Gasteiger partial charge is 0.330 e. The van der Waals surface area contributed by atoms with Gasteiger partial charge in [0.15, 0.2) is 0 Å². The quantitative estimate of drug-likeness (QED) is 0.839. The van der Waals surface area contributed by atoms with E-state index in [0.717, 1.165) is 6.42 Å². The minimum absolute atomic E-state index is 0.324. The van der Waals surface area contributed by atoms with E-state index in [1.165, 1.54) is 22.3 Å². The van der Waals surface area contributed by atoms with Crippen LogP contribution in [0.4, 0.5) is 0 Å². The predicted molar refractivity (Wildman–Crippen MR) is 76.8 cm³/mol. The van der Waals surface area contributed by atoms with E-state index in [2.05, 4.69) is 39.8 Å². The number of ketones is 1. The molecule has 1 rings (SSSR count). The Hall–Kier alpha value is -1.15. The lowest BCUT2D eigenvalue weighted by atomic mass is 9.93. The fraction of sp³-hybridized carbons (Fsp3) is 0.562. The van der Waals surface area contributed by atoms with Crippen molar-refractivity contribution in [1.29, 1.82) is 0 Å². The number of carbonyl (C=O) groups excluding carboxylic acids is 1. The highest BCUT2D eigenvalue weighted by atomic mass is 16.1. The summed E-state index contributed by atoms with van der Waals surface area (Å²) in [4.78, 5) is 12.0. The molecule has 0 aliphatic rings. The number of Topliss-reactive ketones (excluding diaryl/α,β-unsaturated/α-hetero) is 1. The van der Waals surface area contributed by atoms with Gasteiger partial charge in [0.05, 0.1) is 0 Å². The molecule has 100 valence electrons. The molecule has 2 N–H and O–H groups in total. The first-order valence-electron chi connectivity index (χ1n) is 6.72. The van der Waals surface area contributed by atoms with E-state index in [-0.39, 0.29) is 0 Å². The van der Waals surface area contributed by atoms with Crippen molar-refractivity contribution in [3.63, 3.8) is 0 Å². The van der Waals surface area contributed by atoms with Gasteiger partial charge in [-0.2, -0.15) is 0 Å². The topological polar surface area (TPSA) is 43.1 Å². The van der Waals surface area contributed by atoms with Crippen molar-refractivity contribution >= 4 is 5.78 Å². The zero-order valence-corrected chi connectivity index (χ0v) is 12.0. The summed E-state index contributed by atoms with van der Waals surface area (Å²) in [5.74, 6) is 0.763. The molecule has 18 heavy (non-hydrogen) atoms. The van der Waals surface area contributed by atoms with E-state index in [0.29, 0.717) is 31.1 Å². The Bertz CT molecular complexity index is 400. The standard InChI is InChI=1S/C16H25NO/c1-11(10-17)5-6-15(18)9-16-13(3)7-12(2)8-14(16)4/h7-8,11H,5-6,9-10,17H2,1-4H3. The van der Waals surface area contributed by atoms with Crippen LogP contribution in [0.1, 0.15) is 42.0 Å². The van der Waals surface area contributed by atoms with Crippen molar-refractivity contribution in [3.8, 4) is 0 Å². The third kappa shape index (κ3) is 4.26. The second-order valence-corrected chi connectivity index (χ2v) is 5.47. The van der Waals surface area contributed by atoms with Gasteiger partial charge in [-0.25, -0.2) is 0 Å². The Balaban J connectivity index is 2.65. The summed E-state index contributed by atoms with van der Waals surface area (Å²) >= 11 is 0. The summed E-state index contributed by atoms with van der Waals surface area (Å²) in [6.45, 7) is 9.02. The molecule has 0 saturated heterocycles. The molecule has 0 heterocycles. The smallest absolute Gasteiger partial charge is 0.137 e. The maximum atomic E-state index is 12.0. The van der Waals surface area contributed by atoms with Gasteiger partial charge in [0, 0.05) is 12.8 Å². The molecule has 0 aliphatic carbocycles. The van der Waals surface area contributed by atoms with Crippen LogP contribution in [0.25, 0.3) is 0 Å². The Labute approximate surface area is 111 Å². The first-order valence-corrected chi connectivity index (χ1v) is 6.72. The van der Waals surface area contributed by atoms with Gasteiger partial charge >= 0.3 is 0 Å². The summed E-state index contributed by atoms with van der Waals surface area (Å²) < 4.78 is 0. The highest BCUT2D eigenvalue weighted by molar-refractivity contribution is 5.81. The number of nitrogens with two attached hydrogens (primary N) is 1. The zero-order chi connectivity index (χ0) is 13.7. The minimum Gasteiger partial charge on any atom is -0.330 e. The zero-order valence-electron chi connectivity index (χ0n) is 12.0. The van der Waals surface area contributed by atoms with Gasteiger partial charge in [-0.05, 0) is 56.3 Å². The highest BCUT2D eigenvalue weighted by Gasteiger charge is 2.10. The van der Waals surface area contributed by atoms with Gasteiger partial charge in [-0.3, -0.25) is 4.79 Å². The molecular formula is C16H25NO. The van der Waals surface area contributed by atoms with Crippen LogP contribution < -0.4 is 5.73 Å². The van der Waals surface area contributed by atoms with E-state index in [1.54, 1.807) is 0 Å². The molecule has 0 fully saturated rings. The van der Waals surface area contributed by atoms with Crippen LogP contribution in [0.5, 0.6) is 0 Å². The van der Waals surface area contributed by atoms with E-state index < -0.39 is 0 Å². The number of rotatable bonds is 6. The minimum atomic E-state index is 0.324. The van der Waals surface area contributed by atoms with Crippen LogP contribution in [0, 0.1) is 26.7 Å². The summed E-state index contributed by atoms with van der Waals surface area (Å²) in [6, 6.07) is 4.30. The van der Waals surface area contributed by atoms with Crippen LogP contribution in [-0.4, -0.2) is 12.3 Å². The number of hydrogen-bond donors (Lipinski definition) is 1. The van der Waals surface area contributed by atoms with Crippen molar-refractivity contribution in [2.45, 2.75) is 47.0 Å². The van der Waals surface area contributed by atoms with Crippen LogP contribution in [0.3, 0.4) is 0 Å². The summed E-state index contributed by atoms with van der Waals surface area (Å²) in [7, 11) is 0. The molecule has 0 aliphatic heterocycles. The number of hydrogen-bond acceptors (Lipinski definition) is 2. The second-order valence-electron chi connectivity index (χ2n) is 5.47. The van der Waals surface area contributed by atoms with Crippen molar-refractivity contribution in [1.82, 2.24) is 0 Å². The lowest BCUT2D eigenvalue weighted by Crippen LogP contribution is -2.13. The Morgan fingerprint density at radius 2 is 1.78 bits per heavy atom. The average Bonchev–Trinajstić information content (AvgIpc) is 2.30. The monoisotopic (exact) mass is 247 g/mol. The highest BCUT2D eigenvalue weighted by Crippen LogP contribution is 2.18. The second kappa shape index (κ2) is 6.69. The third-order valence-corrected chi connectivity index (χ3v) is 3.53. The lowest BCUT2D eigenvalue weighted by Gasteiger charge is -2.12. The van der Waals surface area contributed by atoms with Gasteiger partial charge in [-0.1, -0.05) is 24.6 Å². The number of benzene rings is 1. The van der Waals surface area contributed by atoms with E-state index in [4.69, 9.17) is 5.73 Å². The van der Waals surface area contributed by atoms with E-state index in [9.17, 15) is 4.79 Å². The molecule has 0 bridgehead atoms. The normalized spacial score (nSPS) is 12.5. The summed E-state index contributed by atoms with van der Waals surface area (Å²) in [6.07, 6.45) is 2.11. The molecule has 0 saturated carbocycles. The predicted octanol–water partition coefficient (Wildman–Crippen LogP) is 3.10. The Morgan fingerprint density at radius 3 is 2.28 bits per heavy atom. The van der Waals surface area contributed by atoms with Crippen molar-refractivity contribution in [3.05, 3.63) is 34.4 Å². The fourth-order valence-corrected chi connectivity index (χ4v) is 2.30. The van der Waals surface area contributed by atoms with Crippen LogP contribution in [0.15, 0.2) is 12.1 Å². The van der Waals surface area contributed by atoms with Gasteiger partial charge in [0.25, 0.3) is 0 Å². The van der Waals surface area contributed by atoms with Crippen molar-refractivity contribution in [2.75, 3.05) is 6.54 Å². The van der Waals surface area contributed by atoms with Gasteiger partial charge in [0.2, 0.25) is 0 Å².